The fraction of sp³-hybridized carbons (Fsp3) is 0.267. The standard InChI is InChI=1S/C15H15FN2O4S/c16-10-4-1-2-5-12(10)22-7-3-6-13(19)17-8-14-18-11(9-23-14)15(20)21/h1-2,4-5,9H,3,6-8H2,(H,17,19)(H,20,21). The van der Waals surface area contributed by atoms with E-state index in [2.05, 4.69) is 10.3 Å². The first kappa shape index (κ1) is 16.9. The molecule has 2 rings (SSSR count). The first-order valence-corrected chi connectivity index (χ1v) is 7.76. The van der Waals surface area contributed by atoms with E-state index in [0.29, 0.717) is 11.4 Å². The zero-order valence-corrected chi connectivity index (χ0v) is 12.9. The first-order valence-electron chi connectivity index (χ1n) is 6.88. The molecule has 0 bridgehead atoms. The molecule has 1 aromatic carbocycles. The fourth-order valence-electron chi connectivity index (χ4n) is 1.73. The number of hydrogen-bond acceptors (Lipinski definition) is 5. The normalized spacial score (nSPS) is 10.3. The molecule has 0 aliphatic heterocycles. The molecule has 0 radical (unpaired) electrons. The van der Waals surface area contributed by atoms with Crippen molar-refractivity contribution in [2.45, 2.75) is 19.4 Å². The molecular formula is C15H15FN2O4S. The number of amides is 1. The topological polar surface area (TPSA) is 88.5 Å². The van der Waals surface area contributed by atoms with E-state index in [0.717, 1.165) is 0 Å². The molecule has 0 fully saturated rings. The Kier molecular flexibility index (Phi) is 6.04. The van der Waals surface area contributed by atoms with Crippen LogP contribution < -0.4 is 10.1 Å². The number of rotatable bonds is 8. The largest absolute Gasteiger partial charge is 0.491 e. The maximum Gasteiger partial charge on any atom is 0.355 e. The average Bonchev–Trinajstić information content (AvgIpc) is 3.00. The zero-order chi connectivity index (χ0) is 16.7. The Hall–Kier alpha value is -2.48. The zero-order valence-electron chi connectivity index (χ0n) is 12.1. The number of nitrogens with zero attached hydrogens (tertiary/aromatic N) is 1. The number of thiazole rings is 1. The summed E-state index contributed by atoms with van der Waals surface area (Å²) in [7, 11) is 0. The molecule has 0 saturated heterocycles. The highest BCUT2D eigenvalue weighted by Gasteiger charge is 2.09. The van der Waals surface area contributed by atoms with Gasteiger partial charge in [-0.3, -0.25) is 4.79 Å². The predicted molar refractivity (Wildman–Crippen MR) is 82.0 cm³/mol. The third kappa shape index (κ3) is 5.33. The number of para-hydroxylation sites is 1. The third-order valence-electron chi connectivity index (χ3n) is 2.85. The molecule has 0 aliphatic rings. The van der Waals surface area contributed by atoms with E-state index >= 15 is 0 Å². The second-order valence-electron chi connectivity index (χ2n) is 4.59. The van der Waals surface area contributed by atoms with Crippen LogP contribution in [-0.2, 0) is 11.3 Å². The highest BCUT2D eigenvalue weighted by molar-refractivity contribution is 7.09. The van der Waals surface area contributed by atoms with Crippen molar-refractivity contribution in [1.82, 2.24) is 10.3 Å². The SMILES string of the molecule is O=C(CCCOc1ccccc1F)NCc1nc(C(=O)O)cs1. The number of carboxylic acid groups (broad SMARTS) is 1. The number of carbonyl (C=O) groups excluding carboxylic acids is 1. The van der Waals surface area contributed by atoms with E-state index in [1.165, 1.54) is 28.8 Å². The van der Waals surface area contributed by atoms with Crippen LogP contribution in [0.1, 0.15) is 28.3 Å². The first-order chi connectivity index (χ1) is 11.1. The number of carboxylic acids is 1. The Morgan fingerprint density at radius 3 is 2.83 bits per heavy atom. The van der Waals surface area contributed by atoms with Crippen LogP contribution in [-0.4, -0.2) is 28.6 Å². The average molecular weight is 338 g/mol. The van der Waals surface area contributed by atoms with Gasteiger partial charge >= 0.3 is 5.97 Å². The molecule has 2 aromatic rings. The van der Waals surface area contributed by atoms with E-state index < -0.39 is 11.8 Å². The van der Waals surface area contributed by atoms with Crippen LogP contribution in [0.25, 0.3) is 0 Å². The molecule has 0 atom stereocenters. The lowest BCUT2D eigenvalue weighted by molar-refractivity contribution is -0.121. The number of carbonyl (C=O) groups is 2. The number of aromatic nitrogens is 1. The van der Waals surface area contributed by atoms with E-state index in [1.54, 1.807) is 12.1 Å². The van der Waals surface area contributed by atoms with Gasteiger partial charge in [-0.1, -0.05) is 12.1 Å². The number of ether oxygens (including phenoxy) is 1. The Bertz CT molecular complexity index is 690. The molecule has 2 N–H and O–H groups in total. The molecule has 1 amide bonds. The fourth-order valence-corrected chi connectivity index (χ4v) is 2.44. The van der Waals surface area contributed by atoms with Gasteiger partial charge in [0, 0.05) is 11.8 Å². The monoisotopic (exact) mass is 338 g/mol. The molecule has 0 unspecified atom stereocenters. The van der Waals surface area contributed by atoms with Gasteiger partial charge in [0.25, 0.3) is 0 Å². The minimum Gasteiger partial charge on any atom is -0.491 e. The minimum atomic E-state index is -1.09. The lowest BCUT2D eigenvalue weighted by Gasteiger charge is -2.07. The molecule has 122 valence electrons. The molecular weight excluding hydrogens is 323 g/mol. The second-order valence-corrected chi connectivity index (χ2v) is 5.53. The van der Waals surface area contributed by atoms with Gasteiger partial charge in [-0.2, -0.15) is 0 Å². The van der Waals surface area contributed by atoms with Crippen LogP contribution >= 0.6 is 11.3 Å². The third-order valence-corrected chi connectivity index (χ3v) is 3.70. The molecule has 0 spiro atoms. The van der Waals surface area contributed by atoms with Crippen molar-refractivity contribution >= 4 is 23.2 Å². The summed E-state index contributed by atoms with van der Waals surface area (Å²) in [5.74, 6) is -1.56. The maximum atomic E-state index is 13.3. The Morgan fingerprint density at radius 1 is 1.35 bits per heavy atom. The van der Waals surface area contributed by atoms with Crippen LogP contribution in [0.2, 0.25) is 0 Å². The molecule has 0 saturated carbocycles. The Balaban J connectivity index is 1.65. The van der Waals surface area contributed by atoms with Crippen LogP contribution in [0.15, 0.2) is 29.6 Å². The van der Waals surface area contributed by atoms with E-state index in [1.807, 2.05) is 0 Å². The van der Waals surface area contributed by atoms with Crippen molar-refractivity contribution in [2.75, 3.05) is 6.61 Å². The molecule has 1 heterocycles. The van der Waals surface area contributed by atoms with Crippen LogP contribution in [0.3, 0.4) is 0 Å². The van der Waals surface area contributed by atoms with Crippen molar-refractivity contribution in [2.24, 2.45) is 0 Å². The van der Waals surface area contributed by atoms with Gasteiger partial charge in [-0.05, 0) is 18.6 Å². The molecule has 8 heteroatoms. The molecule has 23 heavy (non-hydrogen) atoms. The van der Waals surface area contributed by atoms with E-state index in [4.69, 9.17) is 9.84 Å². The summed E-state index contributed by atoms with van der Waals surface area (Å²) in [5, 5.41) is 13.3. The molecule has 6 nitrogen and oxygen atoms in total. The number of hydrogen-bond donors (Lipinski definition) is 2. The number of aromatic carboxylic acids is 1. The van der Waals surface area contributed by atoms with Gasteiger partial charge in [0.15, 0.2) is 17.3 Å². The van der Waals surface area contributed by atoms with Crippen molar-refractivity contribution in [3.05, 3.63) is 46.2 Å². The van der Waals surface area contributed by atoms with E-state index in [-0.39, 0.29) is 36.9 Å². The van der Waals surface area contributed by atoms with Gasteiger partial charge in [0.2, 0.25) is 5.91 Å². The highest BCUT2D eigenvalue weighted by atomic mass is 32.1. The van der Waals surface area contributed by atoms with Gasteiger partial charge in [0.05, 0.1) is 13.2 Å². The summed E-state index contributed by atoms with van der Waals surface area (Å²) in [6.45, 7) is 0.416. The van der Waals surface area contributed by atoms with Crippen molar-refractivity contribution in [3.63, 3.8) is 0 Å². The summed E-state index contributed by atoms with van der Waals surface area (Å²) in [6.07, 6.45) is 0.671. The number of nitrogens with one attached hydrogen (secondary N) is 1. The Labute approximate surface area is 135 Å². The van der Waals surface area contributed by atoms with Gasteiger partial charge < -0.3 is 15.2 Å². The van der Waals surface area contributed by atoms with Gasteiger partial charge in [0.1, 0.15) is 5.01 Å². The summed E-state index contributed by atoms with van der Waals surface area (Å²) in [4.78, 5) is 26.2. The smallest absolute Gasteiger partial charge is 0.355 e. The predicted octanol–water partition coefficient (Wildman–Crippen LogP) is 2.46. The summed E-state index contributed by atoms with van der Waals surface area (Å²) in [6, 6.07) is 6.08. The van der Waals surface area contributed by atoms with Crippen molar-refractivity contribution in [3.8, 4) is 5.75 Å². The molecule has 1 aromatic heterocycles. The van der Waals surface area contributed by atoms with Gasteiger partial charge in [-0.25, -0.2) is 14.2 Å². The lowest BCUT2D eigenvalue weighted by Crippen LogP contribution is -2.23. The molecule has 0 aliphatic carbocycles. The maximum absolute atomic E-state index is 13.3. The van der Waals surface area contributed by atoms with Crippen LogP contribution in [0, 0.1) is 5.82 Å². The summed E-state index contributed by atoms with van der Waals surface area (Å²) < 4.78 is 18.5. The quantitative estimate of drug-likeness (QED) is 0.722. The Morgan fingerprint density at radius 2 is 2.13 bits per heavy atom. The van der Waals surface area contributed by atoms with Crippen molar-refractivity contribution < 1.29 is 23.8 Å². The summed E-state index contributed by atoms with van der Waals surface area (Å²) >= 11 is 1.17. The minimum absolute atomic E-state index is 0.0301. The lowest BCUT2D eigenvalue weighted by atomic mass is 10.3. The van der Waals surface area contributed by atoms with Gasteiger partial charge in [-0.15, -0.1) is 11.3 Å². The van der Waals surface area contributed by atoms with Crippen molar-refractivity contribution in [1.29, 1.82) is 0 Å². The highest BCUT2D eigenvalue weighted by Crippen LogP contribution is 2.15. The number of halogens is 1. The van der Waals surface area contributed by atoms with E-state index in [9.17, 15) is 14.0 Å². The summed E-state index contributed by atoms with van der Waals surface area (Å²) in [5.41, 5.74) is -0.0301. The van der Waals surface area contributed by atoms with Crippen LogP contribution in [0.5, 0.6) is 5.75 Å². The second kappa shape index (κ2) is 8.23. The van der Waals surface area contributed by atoms with Crippen LogP contribution in [0.4, 0.5) is 4.39 Å². The number of benzene rings is 1.